The highest BCUT2D eigenvalue weighted by Crippen LogP contribution is 1.89. The Morgan fingerprint density at radius 2 is 1.72 bits per heavy atom. The maximum Gasteiger partial charge on any atom is 0.332 e. The van der Waals surface area contributed by atoms with Crippen LogP contribution in [0.1, 0.15) is 12.8 Å². The van der Waals surface area contributed by atoms with E-state index in [1.54, 1.807) is 14.1 Å². The molecular weight excluding hydrogens is 242 g/mol. The molecule has 0 aromatic rings. The van der Waals surface area contributed by atoms with Crippen LogP contribution in [0, 0.1) is 0 Å². The summed E-state index contributed by atoms with van der Waals surface area (Å²) in [7, 11) is 3.24. The molecule has 0 aliphatic carbocycles. The van der Waals surface area contributed by atoms with Crippen molar-refractivity contribution in [3.05, 3.63) is 0 Å². The molecule has 8 heteroatoms. The standard InChI is InChI=1S/C10H19N3O5/c1-13(2)8(15)4-6-12-10(18)11-5-3-7(14)9(16)17/h7,14H,3-6H2,1-2H3,(H,16,17)(H2,11,12,18). The lowest BCUT2D eigenvalue weighted by Crippen LogP contribution is -2.39. The largest absolute Gasteiger partial charge is 0.479 e. The zero-order valence-electron chi connectivity index (χ0n) is 10.5. The molecule has 4 N–H and O–H groups in total. The number of carbonyl (C=O) groups is 3. The highest BCUT2D eigenvalue weighted by Gasteiger charge is 2.12. The number of nitrogens with zero attached hydrogens (tertiary/aromatic N) is 1. The molecule has 0 aliphatic heterocycles. The number of rotatable bonds is 7. The summed E-state index contributed by atoms with van der Waals surface area (Å²) in [6, 6.07) is -0.501. The Bertz CT molecular complexity index is 306. The minimum Gasteiger partial charge on any atom is -0.479 e. The van der Waals surface area contributed by atoms with Crippen molar-refractivity contribution in [1.29, 1.82) is 0 Å². The Balaban J connectivity index is 3.61. The number of carboxylic acid groups (broad SMARTS) is 1. The molecule has 104 valence electrons. The number of hydrogen-bond donors (Lipinski definition) is 4. The molecule has 0 rings (SSSR count). The molecule has 0 heterocycles. The van der Waals surface area contributed by atoms with E-state index in [2.05, 4.69) is 10.6 Å². The molecule has 0 radical (unpaired) electrons. The second kappa shape index (κ2) is 8.29. The number of aliphatic hydroxyl groups excluding tert-OH is 1. The van der Waals surface area contributed by atoms with Crippen LogP contribution in [-0.2, 0) is 9.59 Å². The van der Waals surface area contributed by atoms with Crippen LogP contribution in [0.15, 0.2) is 0 Å². The van der Waals surface area contributed by atoms with Gasteiger partial charge in [0.25, 0.3) is 0 Å². The van der Waals surface area contributed by atoms with Gasteiger partial charge < -0.3 is 25.7 Å². The van der Waals surface area contributed by atoms with Gasteiger partial charge in [-0.1, -0.05) is 0 Å². The molecule has 1 unspecified atom stereocenters. The van der Waals surface area contributed by atoms with Crippen LogP contribution >= 0.6 is 0 Å². The summed E-state index contributed by atoms with van der Waals surface area (Å²) in [5.74, 6) is -1.43. The first-order valence-electron chi connectivity index (χ1n) is 5.47. The SMILES string of the molecule is CN(C)C(=O)CCNC(=O)NCCC(O)C(=O)O. The summed E-state index contributed by atoms with van der Waals surface area (Å²) in [5, 5.41) is 22.1. The van der Waals surface area contributed by atoms with Crippen molar-refractivity contribution >= 4 is 17.9 Å². The number of urea groups is 1. The van der Waals surface area contributed by atoms with Gasteiger partial charge in [-0.3, -0.25) is 4.79 Å². The summed E-state index contributed by atoms with van der Waals surface area (Å²) in [6.07, 6.45) is -1.36. The third-order valence-electron chi connectivity index (χ3n) is 2.11. The van der Waals surface area contributed by atoms with Crippen LogP contribution in [0.2, 0.25) is 0 Å². The van der Waals surface area contributed by atoms with E-state index in [0.717, 1.165) is 0 Å². The van der Waals surface area contributed by atoms with Gasteiger partial charge in [-0.2, -0.15) is 0 Å². The van der Waals surface area contributed by atoms with Gasteiger partial charge in [0.05, 0.1) is 0 Å². The van der Waals surface area contributed by atoms with Gasteiger partial charge in [-0.05, 0) is 0 Å². The third-order valence-corrected chi connectivity index (χ3v) is 2.11. The molecule has 0 fully saturated rings. The fourth-order valence-corrected chi connectivity index (χ4v) is 1.01. The summed E-state index contributed by atoms with van der Waals surface area (Å²) in [6.45, 7) is 0.241. The zero-order valence-corrected chi connectivity index (χ0v) is 10.5. The van der Waals surface area contributed by atoms with Crippen molar-refractivity contribution in [2.45, 2.75) is 18.9 Å². The monoisotopic (exact) mass is 261 g/mol. The fraction of sp³-hybridized carbons (Fsp3) is 0.700. The van der Waals surface area contributed by atoms with Gasteiger partial charge in [0.2, 0.25) is 5.91 Å². The summed E-state index contributed by atoms with van der Waals surface area (Å²) in [4.78, 5) is 34.0. The lowest BCUT2D eigenvalue weighted by atomic mass is 10.2. The Kier molecular flexibility index (Phi) is 7.45. The summed E-state index contributed by atoms with van der Waals surface area (Å²) < 4.78 is 0. The highest BCUT2D eigenvalue weighted by molar-refractivity contribution is 5.78. The quantitative estimate of drug-likeness (QED) is 0.449. The van der Waals surface area contributed by atoms with Gasteiger partial charge in [0.1, 0.15) is 0 Å². The van der Waals surface area contributed by atoms with E-state index in [1.165, 1.54) is 4.90 Å². The van der Waals surface area contributed by atoms with Crippen molar-refractivity contribution in [3.63, 3.8) is 0 Å². The minimum absolute atomic E-state index is 0.0426. The first-order valence-corrected chi connectivity index (χ1v) is 5.47. The topological polar surface area (TPSA) is 119 Å². The number of hydrogen-bond acceptors (Lipinski definition) is 4. The van der Waals surface area contributed by atoms with E-state index in [9.17, 15) is 14.4 Å². The van der Waals surface area contributed by atoms with E-state index in [4.69, 9.17) is 10.2 Å². The average molecular weight is 261 g/mol. The lowest BCUT2D eigenvalue weighted by Gasteiger charge is -2.11. The smallest absolute Gasteiger partial charge is 0.332 e. The number of carbonyl (C=O) groups excluding carboxylic acids is 2. The number of carboxylic acids is 1. The molecule has 0 saturated carbocycles. The predicted molar refractivity (Wildman–Crippen MR) is 63.0 cm³/mol. The van der Waals surface area contributed by atoms with Gasteiger partial charge in [-0.25, -0.2) is 9.59 Å². The summed E-state index contributed by atoms with van der Waals surface area (Å²) in [5.41, 5.74) is 0. The first kappa shape index (κ1) is 16.2. The normalized spacial score (nSPS) is 11.5. The minimum atomic E-state index is -1.49. The molecule has 0 bridgehead atoms. The van der Waals surface area contributed by atoms with Crippen LogP contribution < -0.4 is 10.6 Å². The van der Waals surface area contributed by atoms with Gasteiger partial charge >= 0.3 is 12.0 Å². The predicted octanol–water partition coefficient (Wildman–Crippen LogP) is -1.40. The van der Waals surface area contributed by atoms with Crippen LogP contribution in [0.3, 0.4) is 0 Å². The van der Waals surface area contributed by atoms with Crippen molar-refractivity contribution in [2.24, 2.45) is 0 Å². The molecule has 3 amide bonds. The molecule has 0 aromatic heterocycles. The zero-order chi connectivity index (χ0) is 14.1. The van der Waals surface area contributed by atoms with Crippen LogP contribution in [0.5, 0.6) is 0 Å². The molecule has 0 spiro atoms. The van der Waals surface area contributed by atoms with Crippen LogP contribution in [0.4, 0.5) is 4.79 Å². The Labute approximate surface area is 105 Å². The van der Waals surface area contributed by atoms with Crippen molar-refractivity contribution in [3.8, 4) is 0 Å². The van der Waals surface area contributed by atoms with E-state index in [1.807, 2.05) is 0 Å². The second-order valence-corrected chi connectivity index (χ2v) is 3.86. The molecule has 0 aromatic carbocycles. The maximum absolute atomic E-state index is 11.2. The highest BCUT2D eigenvalue weighted by atomic mass is 16.4. The molecule has 1 atom stereocenters. The lowest BCUT2D eigenvalue weighted by molar-refractivity contribution is -0.146. The Morgan fingerprint density at radius 1 is 1.17 bits per heavy atom. The number of aliphatic carboxylic acids is 1. The van der Waals surface area contributed by atoms with Gasteiger partial charge in [-0.15, -0.1) is 0 Å². The number of amides is 3. The van der Waals surface area contributed by atoms with E-state index >= 15 is 0 Å². The Morgan fingerprint density at radius 3 is 2.22 bits per heavy atom. The van der Waals surface area contributed by atoms with Crippen LogP contribution in [0.25, 0.3) is 0 Å². The molecule has 0 aliphatic rings. The molecule has 18 heavy (non-hydrogen) atoms. The fourth-order valence-electron chi connectivity index (χ4n) is 1.01. The molecule has 8 nitrogen and oxygen atoms in total. The molecular formula is C10H19N3O5. The van der Waals surface area contributed by atoms with E-state index in [0.29, 0.717) is 0 Å². The van der Waals surface area contributed by atoms with Gasteiger partial charge in [0, 0.05) is 40.0 Å². The number of nitrogens with one attached hydrogen (secondary N) is 2. The molecule has 0 saturated heterocycles. The van der Waals surface area contributed by atoms with Crippen molar-refractivity contribution < 1.29 is 24.6 Å². The second-order valence-electron chi connectivity index (χ2n) is 3.86. The van der Waals surface area contributed by atoms with Gasteiger partial charge in [0.15, 0.2) is 6.10 Å². The maximum atomic E-state index is 11.2. The summed E-state index contributed by atoms with van der Waals surface area (Å²) >= 11 is 0. The Hall–Kier alpha value is -1.83. The van der Waals surface area contributed by atoms with Crippen molar-refractivity contribution in [1.82, 2.24) is 15.5 Å². The van der Waals surface area contributed by atoms with Crippen LogP contribution in [-0.4, -0.2) is 66.3 Å². The third kappa shape index (κ3) is 7.44. The first-order chi connectivity index (χ1) is 8.34. The van der Waals surface area contributed by atoms with E-state index in [-0.39, 0.29) is 31.8 Å². The van der Waals surface area contributed by atoms with Crippen molar-refractivity contribution in [2.75, 3.05) is 27.2 Å². The average Bonchev–Trinajstić information content (AvgIpc) is 2.28. The van der Waals surface area contributed by atoms with E-state index < -0.39 is 18.1 Å². The number of aliphatic hydroxyl groups is 1.